The summed E-state index contributed by atoms with van der Waals surface area (Å²) in [5.74, 6) is 1.10. The molecule has 2 aliphatic rings. The maximum Gasteiger partial charge on any atom is 0.291 e. The van der Waals surface area contributed by atoms with E-state index in [1.165, 1.54) is 75.8 Å². The van der Waals surface area contributed by atoms with Gasteiger partial charge < -0.3 is 4.90 Å². The van der Waals surface area contributed by atoms with E-state index in [0.717, 1.165) is 11.5 Å². The van der Waals surface area contributed by atoms with Crippen molar-refractivity contribution in [2.45, 2.75) is 150 Å². The van der Waals surface area contributed by atoms with Gasteiger partial charge in [0.2, 0.25) is 5.71 Å². The van der Waals surface area contributed by atoms with Gasteiger partial charge in [0.25, 0.3) is 5.84 Å². The van der Waals surface area contributed by atoms with E-state index in [1.807, 2.05) is 136 Å². The van der Waals surface area contributed by atoms with E-state index in [0.29, 0.717) is 6.04 Å². The third-order valence-corrected chi connectivity index (χ3v) is 10.1. The molecule has 0 fully saturated rings. The van der Waals surface area contributed by atoms with Gasteiger partial charge in [0.05, 0.1) is 7.05 Å². The van der Waals surface area contributed by atoms with Crippen LogP contribution in [-0.2, 0) is 0 Å². The van der Waals surface area contributed by atoms with Crippen LogP contribution in [0.1, 0.15) is 115 Å². The molecule has 3 nitrogen and oxygen atoms in total. The lowest BCUT2D eigenvalue weighted by Crippen LogP contribution is -2.26. The van der Waals surface area contributed by atoms with Gasteiger partial charge in [0.15, 0.2) is 6.04 Å². The molecule has 1 aliphatic heterocycles. The van der Waals surface area contributed by atoms with Crippen LogP contribution in [0.5, 0.6) is 0 Å². The molecular weight excluding hydrogens is 887 g/mol. The van der Waals surface area contributed by atoms with Gasteiger partial charge in [-0.05, 0) is 122 Å². The van der Waals surface area contributed by atoms with E-state index in [1.54, 1.807) is 0 Å². The molecule has 8 aromatic rings. The first-order chi connectivity index (χ1) is 34.7. The van der Waals surface area contributed by atoms with Crippen molar-refractivity contribution in [3.8, 4) is 0 Å². The van der Waals surface area contributed by atoms with Crippen LogP contribution in [0.4, 0.5) is 0 Å². The average molecular weight is 990 g/mol. The molecule has 0 saturated carbocycles. The minimum Gasteiger partial charge on any atom is -0.312 e. The highest BCUT2D eigenvalue weighted by molar-refractivity contribution is 6.74. The number of benzene rings is 8. The summed E-state index contributed by atoms with van der Waals surface area (Å²) in [6.45, 7) is 43.7. The van der Waals surface area contributed by atoms with Crippen LogP contribution >= 0.6 is 0 Å². The number of aryl methyl sites for hydroxylation is 2. The van der Waals surface area contributed by atoms with Crippen LogP contribution in [-0.4, -0.2) is 63.3 Å². The average Bonchev–Trinajstić information content (AvgIpc) is 3.72. The van der Waals surface area contributed by atoms with Gasteiger partial charge in [0.1, 0.15) is 0 Å². The Morgan fingerprint density at radius 2 is 0.722 bits per heavy atom. The van der Waals surface area contributed by atoms with Crippen LogP contribution in [0.3, 0.4) is 0 Å². The smallest absolute Gasteiger partial charge is 0.291 e. The highest BCUT2D eigenvalue weighted by Gasteiger charge is 2.30. The normalized spacial score (nSPS) is 12.1. The number of hydrogen-bond acceptors (Lipinski definition) is 2. The molecule has 4 heteroatoms. The zero-order chi connectivity index (χ0) is 55.6. The number of fused-ring (bicyclic) bond motifs is 13. The predicted molar refractivity (Wildman–Crippen MR) is 342 cm³/mol. The molecule has 0 bridgehead atoms. The first-order valence-electron chi connectivity index (χ1n) is 27.4. The summed E-state index contributed by atoms with van der Waals surface area (Å²) in [7, 11) is 7.46. The van der Waals surface area contributed by atoms with Gasteiger partial charge >= 0.3 is 0 Å². The Kier molecular flexibility index (Phi) is 36.1. The molecule has 1 atom stereocenters. The Hall–Kier alpha value is -5.68. The molecule has 1 unspecified atom stereocenters. The summed E-state index contributed by atoms with van der Waals surface area (Å²) in [4.78, 5) is 6.41. The van der Waals surface area contributed by atoms with E-state index in [4.69, 9.17) is 0 Å². The van der Waals surface area contributed by atoms with Crippen molar-refractivity contribution >= 4 is 84.3 Å². The maximum absolute atomic E-state index is 4.41. The van der Waals surface area contributed by atoms with E-state index in [9.17, 15) is 0 Å². The Balaban J connectivity index is 0. The second-order valence-electron chi connectivity index (χ2n) is 17.5. The van der Waals surface area contributed by atoms with Gasteiger partial charge in [-0.2, -0.15) is 0 Å². The fourth-order valence-electron chi connectivity index (χ4n) is 7.58. The third-order valence-electron chi connectivity index (χ3n) is 10.1. The minimum atomic E-state index is -0.611. The zero-order valence-corrected chi connectivity index (χ0v) is 51.4. The van der Waals surface area contributed by atoms with Gasteiger partial charge in [-0.15, -0.1) is 0 Å². The van der Waals surface area contributed by atoms with E-state index in [2.05, 4.69) is 208 Å². The summed E-state index contributed by atoms with van der Waals surface area (Å²) >= 11 is 0. The number of rotatable bonds is 0. The van der Waals surface area contributed by atoms with Crippen LogP contribution in [0.2, 0.25) is 26.2 Å². The Bertz CT molecular complexity index is 2720. The Labute approximate surface area is 443 Å². The Morgan fingerprint density at radius 3 is 1.08 bits per heavy atom. The third kappa shape index (κ3) is 20.4. The molecular formula is C68H102N3Si+. The summed E-state index contributed by atoms with van der Waals surface area (Å²) < 4.78 is 2.18. The quantitative estimate of drug-likeness (QED) is 0.0841. The summed E-state index contributed by atoms with van der Waals surface area (Å²) in [6, 6.07) is 48.5. The molecule has 0 saturated heterocycles. The van der Waals surface area contributed by atoms with Crippen molar-refractivity contribution in [3.63, 3.8) is 0 Å². The van der Waals surface area contributed by atoms with Crippen molar-refractivity contribution in [2.24, 2.45) is 4.99 Å². The molecule has 1 aliphatic carbocycles. The molecule has 392 valence electrons. The molecule has 0 N–H and O–H groups in total. The Morgan fingerprint density at radius 1 is 0.417 bits per heavy atom. The lowest BCUT2D eigenvalue weighted by atomic mass is 9.92. The summed E-state index contributed by atoms with van der Waals surface area (Å²) in [5.41, 5.74) is 3.82. The van der Waals surface area contributed by atoms with Gasteiger partial charge in [0, 0.05) is 15.0 Å². The topological polar surface area (TPSA) is 18.6 Å². The summed E-state index contributed by atoms with van der Waals surface area (Å²) in [5, 5.41) is 16.2. The largest absolute Gasteiger partial charge is 0.312 e. The van der Waals surface area contributed by atoms with Crippen LogP contribution in [0.25, 0.3) is 64.6 Å². The molecule has 10 rings (SSSR count). The lowest BCUT2D eigenvalue weighted by molar-refractivity contribution is -0.504. The molecule has 1 heterocycles. The SMILES string of the molecule is CC.CC.CC.CC.CC.CC.CC.CC1=[N+](C)C2C=CC=CC2=N1.CN(C)C.C[Si](C)(C)C.Cc1ccc2c3ccccc3c3ccccc3c2c1.Cc1cccc2c3ccccc3c3ccccc3c12. The molecule has 0 spiro atoms. The zero-order valence-electron chi connectivity index (χ0n) is 50.4. The predicted octanol–water partition coefficient (Wildman–Crippen LogP) is 21.2. The fraction of sp³-hybridized carbons (Fsp3) is 0.382. The number of hydrogen-bond donors (Lipinski definition) is 0. The van der Waals surface area contributed by atoms with E-state index < -0.39 is 8.07 Å². The molecule has 8 aromatic carbocycles. The molecule has 72 heavy (non-hydrogen) atoms. The number of amidine groups is 1. The number of aliphatic imine (C=N–C) groups is 1. The van der Waals surface area contributed by atoms with Crippen LogP contribution in [0.15, 0.2) is 163 Å². The van der Waals surface area contributed by atoms with Gasteiger partial charge in [-0.3, -0.25) is 4.58 Å². The number of nitrogens with zero attached hydrogens (tertiary/aromatic N) is 3. The second-order valence-corrected chi connectivity index (χ2v) is 23.5. The summed E-state index contributed by atoms with van der Waals surface area (Å²) in [6.07, 6.45) is 8.33. The van der Waals surface area contributed by atoms with Crippen molar-refractivity contribution in [2.75, 3.05) is 28.2 Å². The van der Waals surface area contributed by atoms with Gasteiger partial charge in [-0.25, -0.2) is 0 Å². The van der Waals surface area contributed by atoms with Crippen LogP contribution < -0.4 is 0 Å². The second kappa shape index (κ2) is 38.0. The number of likely N-dealkylation sites (N-methyl/N-ethyl adjacent to an activating group) is 1. The van der Waals surface area contributed by atoms with E-state index >= 15 is 0 Å². The fourth-order valence-corrected chi connectivity index (χ4v) is 7.58. The number of allylic oxidation sites excluding steroid dienone is 2. The van der Waals surface area contributed by atoms with Crippen molar-refractivity contribution in [1.82, 2.24) is 4.90 Å². The first-order valence-corrected chi connectivity index (χ1v) is 31.4. The lowest BCUT2D eigenvalue weighted by Gasteiger charge is -2.11. The van der Waals surface area contributed by atoms with Crippen molar-refractivity contribution in [1.29, 1.82) is 0 Å². The van der Waals surface area contributed by atoms with Crippen molar-refractivity contribution in [3.05, 3.63) is 169 Å². The highest BCUT2D eigenvalue weighted by Crippen LogP contribution is 2.37. The minimum absolute atomic E-state index is 0.389. The monoisotopic (exact) mass is 989 g/mol. The highest BCUT2D eigenvalue weighted by atomic mass is 28.3. The first kappa shape index (κ1) is 68.4. The molecule has 0 aromatic heterocycles. The maximum atomic E-state index is 4.41. The van der Waals surface area contributed by atoms with E-state index in [-0.39, 0.29) is 0 Å². The standard InChI is InChI=1S/2C19H14.C9H11N2.C4H12Si.C3H9N.7C2H6/c1-13-7-6-12-18-16-9-3-2-8-14(16)15-10-4-5-11-17(15)19(13)18;1-13-10-11-18-16-8-3-2-6-14(16)15-7-4-5-9-17(15)19(18)12-13;1-7-10-8-5-3-4-6-9(8)11(7)2;1-5(2,3)4;1-4(2)3;7*1-2/h2*2-12H,1H3;3-6,9H,1-2H3;1-4H3;1-3H3;7*1-2H3/q;;+1;;;;;;;;;. The van der Waals surface area contributed by atoms with Crippen LogP contribution in [0, 0.1) is 13.8 Å². The molecule has 0 amide bonds. The van der Waals surface area contributed by atoms with Gasteiger partial charge in [-0.1, -0.05) is 274 Å². The molecule has 0 radical (unpaired) electrons. The van der Waals surface area contributed by atoms with Crippen molar-refractivity contribution < 1.29 is 4.58 Å².